The van der Waals surface area contributed by atoms with Crippen molar-refractivity contribution in [2.45, 2.75) is 83.2 Å². The van der Waals surface area contributed by atoms with E-state index in [4.69, 9.17) is 17.9 Å². The lowest BCUT2D eigenvalue weighted by atomic mass is 9.48. The molecule has 0 amide bonds. The molecule has 4 bridgehead atoms. The fourth-order valence-electron chi connectivity index (χ4n) is 13.0. The molecule has 5 heteroatoms. The van der Waals surface area contributed by atoms with E-state index >= 15 is 0 Å². The van der Waals surface area contributed by atoms with Crippen LogP contribution in [0.15, 0.2) is 182 Å². The van der Waals surface area contributed by atoms with Gasteiger partial charge in [0.1, 0.15) is 23.5 Å². The van der Waals surface area contributed by atoms with E-state index in [1.54, 1.807) is 0 Å². The molecule has 1 aliphatic heterocycles. The Morgan fingerprint density at radius 1 is 0.603 bits per heavy atom. The van der Waals surface area contributed by atoms with Crippen LogP contribution in [0.5, 0.6) is 11.5 Å². The molecule has 1 atom stereocenters. The maximum absolute atomic E-state index is 9.55. The Bertz CT molecular complexity index is 3810. The first kappa shape index (κ1) is 31.8. The number of nitrogens with zero attached hydrogens (tertiary/aromatic N) is 4. The lowest BCUT2D eigenvalue weighted by Crippen LogP contribution is -2.48. The summed E-state index contributed by atoms with van der Waals surface area (Å²) in [4.78, 5) is 9.08. The number of fused-ring (bicyclic) bond motifs is 4. The monoisotopic (exact) mass is 897 g/mol. The fourth-order valence-corrected chi connectivity index (χ4v) is 13.0. The Balaban J connectivity index is 0.986. The lowest BCUT2D eigenvalue weighted by Gasteiger charge is -2.57. The molecule has 0 saturated heterocycles. The van der Waals surface area contributed by atoms with E-state index in [2.05, 4.69) is 66.6 Å². The number of para-hydroxylation sites is 3. The van der Waals surface area contributed by atoms with Crippen LogP contribution in [0.1, 0.15) is 91.1 Å². The van der Waals surface area contributed by atoms with Crippen molar-refractivity contribution in [3.8, 4) is 39.6 Å². The minimum Gasteiger partial charge on any atom is -0.457 e. The highest BCUT2D eigenvalue weighted by atomic mass is 16.5. The van der Waals surface area contributed by atoms with Gasteiger partial charge in [-0.15, -0.1) is 0 Å². The van der Waals surface area contributed by atoms with Crippen LogP contribution in [0.2, 0.25) is 0 Å². The Kier molecular flexibility index (Phi) is 7.36. The zero-order valence-electron chi connectivity index (χ0n) is 48.8. The van der Waals surface area contributed by atoms with Crippen molar-refractivity contribution in [1.29, 1.82) is 0 Å². The second-order valence-corrected chi connectivity index (χ2v) is 20.8. The van der Waals surface area contributed by atoms with Gasteiger partial charge in [-0.1, -0.05) is 118 Å². The van der Waals surface area contributed by atoms with Gasteiger partial charge in [-0.25, -0.2) is 4.98 Å². The number of pyridine rings is 1. The highest BCUT2D eigenvalue weighted by Crippen LogP contribution is 2.62. The van der Waals surface area contributed by atoms with Crippen LogP contribution in [0.3, 0.4) is 0 Å². The minimum absolute atomic E-state index is 0.0107. The van der Waals surface area contributed by atoms with Gasteiger partial charge in [-0.3, -0.25) is 4.57 Å². The summed E-state index contributed by atoms with van der Waals surface area (Å²) in [7, 11) is 0. The highest BCUT2D eigenvalue weighted by molar-refractivity contribution is 6.09. The molecular formula is C63H58N4O. The van der Waals surface area contributed by atoms with E-state index in [9.17, 15) is 5.48 Å². The molecule has 5 nitrogen and oxygen atoms in total. The molecule has 0 N–H and O–H groups in total. The van der Waals surface area contributed by atoms with E-state index in [0.717, 1.165) is 83.1 Å². The maximum atomic E-state index is 9.55. The third-order valence-corrected chi connectivity index (χ3v) is 15.5. The van der Waals surface area contributed by atoms with Crippen molar-refractivity contribution >= 4 is 44.6 Å². The molecule has 4 saturated carbocycles. The second kappa shape index (κ2) is 15.7. The third kappa shape index (κ3) is 6.76. The zero-order valence-corrected chi connectivity index (χ0v) is 38.8. The molecule has 336 valence electrons. The van der Waals surface area contributed by atoms with Crippen LogP contribution < -0.4 is 14.5 Å². The molecule has 68 heavy (non-hydrogen) atoms. The van der Waals surface area contributed by atoms with Crippen LogP contribution in [-0.2, 0) is 10.8 Å². The van der Waals surface area contributed by atoms with Crippen LogP contribution in [0.25, 0.3) is 49.9 Å². The summed E-state index contributed by atoms with van der Waals surface area (Å²) in [6.07, 6.45) is 7.54. The quantitative estimate of drug-likeness (QED) is 0.152. The summed E-state index contributed by atoms with van der Waals surface area (Å²) in [6.45, 7) is 8.61. The van der Waals surface area contributed by atoms with Gasteiger partial charge in [-0.2, -0.15) is 0 Å². The standard InChI is InChI=1S/C63H58N4O/c1-41-65(49-20-15-21-50(36-49)68-51-26-27-53-52-22-11-12-23-56(52)67(59(53)37-51)60-35-47(28-29-64-60)62(2,3)4)57-24-13-14-25-58(57)66(41)61-54(45-16-7-5-8-17-45)33-48(34-55(61)46-18-9-6-10-19-46)63-38-42-30-43(39-63)32-44(31-42)40-63/h5-29,33-37,41-44H,30-32,38-40H2,1-4H3/i5D,6D,7D,8D,9D,10D,16D,17D,18D,19D. The first-order valence-electron chi connectivity index (χ1n) is 29.1. The van der Waals surface area contributed by atoms with E-state index in [-0.39, 0.29) is 46.1 Å². The van der Waals surface area contributed by atoms with Crippen molar-refractivity contribution in [3.63, 3.8) is 0 Å². The van der Waals surface area contributed by atoms with Gasteiger partial charge >= 0.3 is 0 Å². The van der Waals surface area contributed by atoms with Gasteiger partial charge in [-0.05, 0) is 163 Å². The van der Waals surface area contributed by atoms with Crippen LogP contribution >= 0.6 is 0 Å². The summed E-state index contributed by atoms with van der Waals surface area (Å²) in [5.74, 6) is 3.57. The highest BCUT2D eigenvalue weighted by Gasteiger charge is 2.52. The lowest BCUT2D eigenvalue weighted by molar-refractivity contribution is -0.00514. The molecule has 4 aliphatic carbocycles. The van der Waals surface area contributed by atoms with Crippen LogP contribution in [0, 0.1) is 17.8 Å². The normalized spacial score (nSPS) is 23.8. The maximum Gasteiger partial charge on any atom is 0.137 e. The van der Waals surface area contributed by atoms with Gasteiger partial charge in [0.15, 0.2) is 0 Å². The van der Waals surface area contributed by atoms with Gasteiger partial charge in [0, 0.05) is 45.9 Å². The fraction of sp³-hybridized carbons (Fsp3) is 0.254. The molecule has 5 aliphatic rings. The SMILES string of the molecule is [2H]c1c([2H])c([2H])c(-c2cc(C34CC5CC(CC(C5)C3)C4)cc(-c3c([2H])c([2H])c([2H])c([2H])c3[2H])c2N2c3ccccc3N(c3cccc(Oc4ccc5c6ccccc6n(-c6cc(C(C)(C)C)ccn6)c5c4)c3)C2C)c([2H])c1[2H]. The predicted molar refractivity (Wildman–Crippen MR) is 281 cm³/mol. The van der Waals surface area contributed by atoms with Crippen LogP contribution in [0.4, 0.5) is 22.7 Å². The van der Waals surface area contributed by atoms with E-state index in [1.165, 1.54) is 5.56 Å². The molecule has 9 aromatic rings. The van der Waals surface area contributed by atoms with E-state index in [0.29, 0.717) is 51.8 Å². The average Bonchev–Trinajstić information content (AvgIpc) is 3.91. The van der Waals surface area contributed by atoms with Crippen molar-refractivity contribution in [2.75, 3.05) is 9.80 Å². The molecule has 2 aromatic heterocycles. The summed E-state index contributed by atoms with van der Waals surface area (Å²) in [6, 6.07) is 33.9. The third-order valence-electron chi connectivity index (χ3n) is 15.5. The van der Waals surface area contributed by atoms with E-state index < -0.39 is 42.4 Å². The Morgan fingerprint density at radius 2 is 1.21 bits per heavy atom. The second-order valence-electron chi connectivity index (χ2n) is 20.8. The smallest absolute Gasteiger partial charge is 0.137 e. The molecule has 0 radical (unpaired) electrons. The number of aromatic nitrogens is 2. The number of rotatable bonds is 8. The van der Waals surface area contributed by atoms with Crippen molar-refractivity contribution in [1.82, 2.24) is 9.55 Å². The largest absolute Gasteiger partial charge is 0.457 e. The number of hydrogen-bond acceptors (Lipinski definition) is 4. The summed E-state index contributed by atoms with van der Waals surface area (Å²) in [5, 5.41) is 2.16. The zero-order chi connectivity index (χ0) is 54.4. The minimum atomic E-state index is -0.599. The van der Waals surface area contributed by atoms with E-state index in [1.807, 2.05) is 96.9 Å². The van der Waals surface area contributed by atoms with Crippen molar-refractivity contribution < 1.29 is 18.4 Å². The predicted octanol–water partition coefficient (Wildman–Crippen LogP) is 16.7. The molecular weight excluding hydrogens is 829 g/mol. The molecule has 7 aromatic carbocycles. The first-order valence-corrected chi connectivity index (χ1v) is 24.1. The molecule has 14 rings (SSSR count). The summed E-state index contributed by atoms with van der Waals surface area (Å²) < 4.78 is 101. The molecule has 0 spiro atoms. The first-order chi connectivity index (χ1) is 37.3. The van der Waals surface area contributed by atoms with Gasteiger partial charge in [0.2, 0.25) is 0 Å². The number of hydrogen-bond donors (Lipinski definition) is 0. The molecule has 1 unspecified atom stereocenters. The van der Waals surface area contributed by atoms with Gasteiger partial charge in [0.25, 0.3) is 0 Å². The van der Waals surface area contributed by atoms with Gasteiger partial charge < -0.3 is 14.5 Å². The molecule has 4 fully saturated rings. The molecule has 3 heterocycles. The topological polar surface area (TPSA) is 33.5 Å². The summed E-state index contributed by atoms with van der Waals surface area (Å²) in [5.41, 5.74) is 6.97. The van der Waals surface area contributed by atoms with Crippen molar-refractivity contribution in [3.05, 3.63) is 193 Å². The van der Waals surface area contributed by atoms with Crippen LogP contribution in [-0.4, -0.2) is 15.7 Å². The van der Waals surface area contributed by atoms with Gasteiger partial charge in [0.05, 0.1) is 41.8 Å². The number of ether oxygens (including phenoxy) is 1. The van der Waals surface area contributed by atoms with Crippen molar-refractivity contribution in [2.24, 2.45) is 17.8 Å². The Hall–Kier alpha value is -7.11. The number of benzene rings is 7. The average molecular weight is 897 g/mol. The Labute approximate surface area is 414 Å². The summed E-state index contributed by atoms with van der Waals surface area (Å²) >= 11 is 0. The Morgan fingerprint density at radius 3 is 1.87 bits per heavy atom. The number of anilines is 4.